The minimum absolute atomic E-state index is 0.0638. The van der Waals surface area contributed by atoms with Gasteiger partial charge in [-0.3, -0.25) is 9.59 Å². The molecule has 2 aromatic rings. The Morgan fingerprint density at radius 1 is 1.35 bits per heavy atom. The highest BCUT2D eigenvalue weighted by molar-refractivity contribution is 6.08. The molecule has 0 radical (unpaired) electrons. The largest absolute Gasteiger partial charge is 0.504 e. The number of phenolic OH excluding ortho intramolecular Hbond substituents is 1. The van der Waals surface area contributed by atoms with E-state index in [-0.39, 0.29) is 17.4 Å². The SMILES string of the molecule is C=CCc1cc(C=CC(=O)c2ccc3c(c2)CC(=O)N3)cc(OC)c1O. The lowest BCUT2D eigenvalue weighted by Gasteiger charge is -2.09. The predicted molar refractivity (Wildman–Crippen MR) is 101 cm³/mol. The third-order valence-electron chi connectivity index (χ3n) is 4.20. The number of ether oxygens (including phenoxy) is 1. The van der Waals surface area contributed by atoms with Crippen molar-refractivity contribution in [3.8, 4) is 11.5 Å². The summed E-state index contributed by atoms with van der Waals surface area (Å²) in [5.74, 6) is 0.195. The van der Waals surface area contributed by atoms with Gasteiger partial charge in [-0.15, -0.1) is 6.58 Å². The number of anilines is 1. The number of fused-ring (bicyclic) bond motifs is 1. The second-order valence-corrected chi connectivity index (χ2v) is 6.02. The summed E-state index contributed by atoms with van der Waals surface area (Å²) in [6.07, 6.45) is 5.61. The van der Waals surface area contributed by atoms with E-state index in [0.29, 0.717) is 29.7 Å². The van der Waals surface area contributed by atoms with Crippen molar-refractivity contribution in [2.24, 2.45) is 0 Å². The monoisotopic (exact) mass is 349 g/mol. The van der Waals surface area contributed by atoms with Crippen LogP contribution in [0.15, 0.2) is 49.1 Å². The van der Waals surface area contributed by atoms with Crippen molar-refractivity contribution in [1.82, 2.24) is 0 Å². The normalized spacial score (nSPS) is 12.7. The Hall–Kier alpha value is -3.34. The van der Waals surface area contributed by atoms with E-state index in [1.165, 1.54) is 13.2 Å². The number of amides is 1. The fourth-order valence-corrected chi connectivity index (χ4v) is 2.90. The molecular weight excluding hydrogens is 330 g/mol. The van der Waals surface area contributed by atoms with E-state index in [0.717, 1.165) is 16.8 Å². The van der Waals surface area contributed by atoms with Gasteiger partial charge in [0.05, 0.1) is 13.5 Å². The first-order chi connectivity index (χ1) is 12.5. The van der Waals surface area contributed by atoms with Crippen LogP contribution in [0.4, 0.5) is 5.69 Å². The van der Waals surface area contributed by atoms with Crippen molar-refractivity contribution in [3.05, 3.63) is 71.3 Å². The number of hydrogen-bond donors (Lipinski definition) is 2. The van der Waals surface area contributed by atoms with Gasteiger partial charge in [0, 0.05) is 16.8 Å². The van der Waals surface area contributed by atoms with Gasteiger partial charge in [0.1, 0.15) is 0 Å². The molecule has 0 unspecified atom stereocenters. The Balaban J connectivity index is 1.84. The number of carbonyl (C=O) groups is 2. The number of hydrogen-bond acceptors (Lipinski definition) is 4. The smallest absolute Gasteiger partial charge is 0.228 e. The lowest BCUT2D eigenvalue weighted by molar-refractivity contribution is -0.115. The maximum atomic E-state index is 12.4. The lowest BCUT2D eigenvalue weighted by atomic mass is 10.0. The number of phenols is 1. The molecule has 1 aliphatic heterocycles. The molecule has 1 heterocycles. The number of aromatic hydroxyl groups is 1. The Bertz CT molecular complexity index is 928. The van der Waals surface area contributed by atoms with Crippen molar-refractivity contribution in [2.75, 3.05) is 12.4 Å². The summed E-state index contributed by atoms with van der Waals surface area (Å²) in [4.78, 5) is 23.9. The van der Waals surface area contributed by atoms with E-state index in [9.17, 15) is 14.7 Å². The Morgan fingerprint density at radius 2 is 2.15 bits per heavy atom. The molecule has 5 heteroatoms. The molecule has 0 atom stereocenters. The lowest BCUT2D eigenvalue weighted by Crippen LogP contribution is -2.03. The summed E-state index contributed by atoms with van der Waals surface area (Å²) in [5.41, 5.74) is 3.52. The van der Waals surface area contributed by atoms with Gasteiger partial charge in [-0.2, -0.15) is 0 Å². The van der Waals surface area contributed by atoms with Gasteiger partial charge in [0.2, 0.25) is 5.91 Å². The van der Waals surface area contributed by atoms with Gasteiger partial charge in [0.25, 0.3) is 0 Å². The first-order valence-electron chi connectivity index (χ1n) is 8.17. The third kappa shape index (κ3) is 3.52. The van der Waals surface area contributed by atoms with Crippen molar-refractivity contribution in [2.45, 2.75) is 12.8 Å². The van der Waals surface area contributed by atoms with Crippen LogP contribution in [0, 0.1) is 0 Å². The molecule has 3 rings (SSSR count). The number of benzene rings is 2. The summed E-state index contributed by atoms with van der Waals surface area (Å²) in [6, 6.07) is 8.62. The number of ketones is 1. The van der Waals surface area contributed by atoms with Crippen LogP contribution in [0.25, 0.3) is 6.08 Å². The Kier molecular flexibility index (Phi) is 4.89. The second-order valence-electron chi connectivity index (χ2n) is 6.02. The van der Waals surface area contributed by atoms with Crippen LogP contribution in [0.5, 0.6) is 11.5 Å². The molecule has 0 aliphatic carbocycles. The summed E-state index contributed by atoms with van der Waals surface area (Å²) in [6.45, 7) is 3.68. The number of allylic oxidation sites excluding steroid dienone is 2. The summed E-state index contributed by atoms with van der Waals surface area (Å²) in [5, 5.41) is 12.9. The van der Waals surface area contributed by atoms with E-state index in [2.05, 4.69) is 11.9 Å². The number of rotatable bonds is 6. The molecule has 26 heavy (non-hydrogen) atoms. The number of methoxy groups -OCH3 is 1. The minimum Gasteiger partial charge on any atom is -0.504 e. The molecule has 0 saturated carbocycles. The van der Waals surface area contributed by atoms with Gasteiger partial charge >= 0.3 is 0 Å². The van der Waals surface area contributed by atoms with Gasteiger partial charge in [0.15, 0.2) is 17.3 Å². The quantitative estimate of drug-likeness (QED) is 0.475. The maximum Gasteiger partial charge on any atom is 0.228 e. The summed E-state index contributed by atoms with van der Waals surface area (Å²) in [7, 11) is 1.48. The minimum atomic E-state index is -0.163. The Labute approximate surface area is 151 Å². The van der Waals surface area contributed by atoms with Gasteiger partial charge in [-0.05, 0) is 54.0 Å². The highest BCUT2D eigenvalue weighted by Crippen LogP contribution is 2.32. The predicted octanol–water partition coefficient (Wildman–Crippen LogP) is 3.52. The second kappa shape index (κ2) is 7.27. The molecule has 2 aromatic carbocycles. The van der Waals surface area contributed by atoms with Crippen molar-refractivity contribution in [1.29, 1.82) is 0 Å². The maximum absolute atomic E-state index is 12.4. The van der Waals surface area contributed by atoms with Crippen molar-refractivity contribution >= 4 is 23.5 Å². The standard InChI is InChI=1S/C21H19NO4/c1-3-4-15-9-13(10-19(26-2)21(15)25)5-8-18(23)14-6-7-17-16(11-14)12-20(24)22-17/h3,5-11,25H,1,4,12H2,2H3,(H,22,24). The number of nitrogens with one attached hydrogen (secondary N) is 1. The first-order valence-corrected chi connectivity index (χ1v) is 8.17. The van der Waals surface area contributed by atoms with Crippen LogP contribution in [-0.4, -0.2) is 23.9 Å². The molecule has 0 saturated heterocycles. The third-order valence-corrected chi connectivity index (χ3v) is 4.20. The Morgan fingerprint density at radius 3 is 2.88 bits per heavy atom. The zero-order valence-electron chi connectivity index (χ0n) is 14.4. The molecule has 0 spiro atoms. The van der Waals surface area contributed by atoms with Gasteiger partial charge < -0.3 is 15.2 Å². The average molecular weight is 349 g/mol. The molecule has 2 N–H and O–H groups in total. The van der Waals surface area contributed by atoms with Crippen LogP contribution >= 0.6 is 0 Å². The molecule has 0 bridgehead atoms. The fraction of sp³-hybridized carbons (Fsp3) is 0.143. The topological polar surface area (TPSA) is 75.6 Å². The van der Waals surface area contributed by atoms with Crippen LogP contribution in [0.2, 0.25) is 0 Å². The zero-order valence-corrected chi connectivity index (χ0v) is 14.4. The van der Waals surface area contributed by atoms with E-state index >= 15 is 0 Å². The van der Waals surface area contributed by atoms with Crippen molar-refractivity contribution in [3.63, 3.8) is 0 Å². The zero-order chi connectivity index (χ0) is 18.7. The highest BCUT2D eigenvalue weighted by atomic mass is 16.5. The van der Waals surface area contributed by atoms with E-state index in [4.69, 9.17) is 4.74 Å². The van der Waals surface area contributed by atoms with E-state index in [1.807, 2.05) is 0 Å². The van der Waals surface area contributed by atoms with Gasteiger partial charge in [-0.25, -0.2) is 0 Å². The van der Waals surface area contributed by atoms with Crippen LogP contribution in [-0.2, 0) is 17.6 Å². The van der Waals surface area contributed by atoms with E-state index < -0.39 is 0 Å². The van der Waals surface area contributed by atoms with Crippen molar-refractivity contribution < 1.29 is 19.4 Å². The van der Waals surface area contributed by atoms with Gasteiger partial charge in [-0.1, -0.05) is 12.2 Å². The molecule has 1 amide bonds. The molecule has 0 fully saturated rings. The fourth-order valence-electron chi connectivity index (χ4n) is 2.90. The van der Waals surface area contributed by atoms with Crippen LogP contribution in [0.3, 0.4) is 0 Å². The molecule has 0 aromatic heterocycles. The number of carbonyl (C=O) groups excluding carboxylic acids is 2. The molecule has 5 nitrogen and oxygen atoms in total. The summed E-state index contributed by atoms with van der Waals surface area (Å²) >= 11 is 0. The highest BCUT2D eigenvalue weighted by Gasteiger charge is 2.18. The summed E-state index contributed by atoms with van der Waals surface area (Å²) < 4.78 is 5.18. The molecule has 132 valence electrons. The van der Waals surface area contributed by atoms with Crippen LogP contribution in [0.1, 0.15) is 27.0 Å². The van der Waals surface area contributed by atoms with E-state index in [1.54, 1.807) is 42.5 Å². The molecule has 1 aliphatic rings. The first kappa shape index (κ1) is 17.5. The van der Waals surface area contributed by atoms with Crippen LogP contribution < -0.4 is 10.1 Å². The average Bonchev–Trinajstić information content (AvgIpc) is 3.01. The molecular formula is C21H19NO4.